The smallest absolute Gasteiger partial charge is 0.256 e. The number of fused-ring (bicyclic) bond motifs is 1. The molecule has 7 nitrogen and oxygen atoms in total. The van der Waals surface area contributed by atoms with Gasteiger partial charge in [0.1, 0.15) is 5.82 Å². The van der Waals surface area contributed by atoms with E-state index in [1.807, 2.05) is 36.4 Å². The monoisotopic (exact) mass is 457 g/mol. The molecule has 0 atom stereocenters. The maximum absolute atomic E-state index is 13.0. The molecular formula is C25H19N3O4S. The van der Waals surface area contributed by atoms with Crippen LogP contribution in [-0.4, -0.2) is 29.9 Å². The van der Waals surface area contributed by atoms with Crippen LogP contribution in [0, 0.1) is 0 Å². The largest absolute Gasteiger partial charge is 0.306 e. The predicted octanol–water partition coefficient (Wildman–Crippen LogP) is 3.78. The van der Waals surface area contributed by atoms with Crippen LogP contribution in [0.15, 0.2) is 84.9 Å². The molecule has 0 aliphatic carbocycles. The van der Waals surface area contributed by atoms with E-state index in [0.717, 1.165) is 0 Å². The third-order valence-electron chi connectivity index (χ3n) is 5.47. The van der Waals surface area contributed by atoms with Crippen molar-refractivity contribution < 1.29 is 18.0 Å². The minimum atomic E-state index is -3.29. The molecule has 0 unspecified atom stereocenters. The molecule has 164 valence electrons. The summed E-state index contributed by atoms with van der Waals surface area (Å²) in [6, 6.07) is 24.5. The number of amides is 1. The molecule has 1 aromatic heterocycles. The molecular weight excluding hydrogens is 438 g/mol. The van der Waals surface area contributed by atoms with Gasteiger partial charge in [0.2, 0.25) is 0 Å². The summed E-state index contributed by atoms with van der Waals surface area (Å²) in [5.74, 6) is -0.534. The first-order chi connectivity index (χ1) is 15.9. The highest BCUT2D eigenvalue weighted by molar-refractivity contribution is 7.90. The molecule has 0 radical (unpaired) electrons. The van der Waals surface area contributed by atoms with Gasteiger partial charge in [0.15, 0.2) is 15.6 Å². The molecule has 1 aliphatic rings. The van der Waals surface area contributed by atoms with Crippen molar-refractivity contribution >= 4 is 27.3 Å². The number of rotatable bonds is 5. The number of carbonyl (C=O) groups excluding carboxylic acids is 2. The van der Waals surface area contributed by atoms with Crippen molar-refractivity contribution in [2.24, 2.45) is 0 Å². The van der Waals surface area contributed by atoms with Gasteiger partial charge in [0.05, 0.1) is 22.9 Å². The van der Waals surface area contributed by atoms with Gasteiger partial charge in [-0.1, -0.05) is 60.7 Å². The Morgan fingerprint density at radius 2 is 1.33 bits per heavy atom. The summed E-state index contributed by atoms with van der Waals surface area (Å²) < 4.78 is 25.8. The molecule has 33 heavy (non-hydrogen) atoms. The Kier molecular flexibility index (Phi) is 5.14. The molecule has 2 heterocycles. The standard InChI is InChI=1S/C25H19N3O4S/c29-23(17-7-3-1-4-8-17)18-11-13-19(14-12-18)25(30)26-24-21-15-33(31,32)16-22(21)27-28(24)20-9-5-2-6-10-20/h1-14H,15-16H2,(H,26,30). The minimum Gasteiger partial charge on any atom is -0.306 e. The molecule has 3 aromatic carbocycles. The number of carbonyl (C=O) groups is 2. The van der Waals surface area contributed by atoms with E-state index in [-0.39, 0.29) is 17.3 Å². The number of nitrogens with zero attached hydrogens (tertiary/aromatic N) is 2. The van der Waals surface area contributed by atoms with E-state index >= 15 is 0 Å². The van der Waals surface area contributed by atoms with Gasteiger partial charge in [0.25, 0.3) is 5.91 Å². The van der Waals surface area contributed by atoms with Crippen LogP contribution < -0.4 is 5.32 Å². The second-order valence-corrected chi connectivity index (χ2v) is 9.84. The molecule has 5 rings (SSSR count). The van der Waals surface area contributed by atoms with E-state index in [2.05, 4.69) is 10.4 Å². The fraction of sp³-hybridized carbons (Fsp3) is 0.0800. The second kappa shape index (κ2) is 8.14. The lowest BCUT2D eigenvalue weighted by molar-refractivity contribution is 0.101. The van der Waals surface area contributed by atoms with Crippen molar-refractivity contribution in [2.75, 3.05) is 5.32 Å². The molecule has 0 saturated heterocycles. The summed E-state index contributed by atoms with van der Waals surface area (Å²) in [4.78, 5) is 25.6. The number of anilines is 1. The van der Waals surface area contributed by atoms with Crippen molar-refractivity contribution in [3.8, 4) is 5.69 Å². The average Bonchev–Trinajstić information content (AvgIpc) is 3.32. The van der Waals surface area contributed by atoms with Crippen molar-refractivity contribution in [2.45, 2.75) is 11.5 Å². The van der Waals surface area contributed by atoms with Crippen molar-refractivity contribution in [3.05, 3.63) is 113 Å². The zero-order chi connectivity index (χ0) is 23.0. The Morgan fingerprint density at radius 3 is 2.00 bits per heavy atom. The Balaban J connectivity index is 1.44. The topological polar surface area (TPSA) is 98.1 Å². The molecule has 1 N–H and O–H groups in total. The first kappa shape index (κ1) is 20.8. The lowest BCUT2D eigenvalue weighted by Crippen LogP contribution is -2.17. The highest BCUT2D eigenvalue weighted by Crippen LogP contribution is 2.33. The van der Waals surface area contributed by atoms with Crippen LogP contribution in [0.1, 0.15) is 37.5 Å². The van der Waals surface area contributed by atoms with Crippen molar-refractivity contribution in [3.63, 3.8) is 0 Å². The van der Waals surface area contributed by atoms with E-state index in [0.29, 0.717) is 39.5 Å². The van der Waals surface area contributed by atoms with Gasteiger partial charge in [-0.25, -0.2) is 13.1 Å². The summed E-state index contributed by atoms with van der Waals surface area (Å²) in [6.07, 6.45) is 0. The SMILES string of the molecule is O=C(Nc1c2c(nn1-c1ccccc1)CS(=O)(=O)C2)c1ccc(C(=O)c2ccccc2)cc1. The maximum Gasteiger partial charge on any atom is 0.256 e. The van der Waals surface area contributed by atoms with Gasteiger partial charge in [0, 0.05) is 22.3 Å². The highest BCUT2D eigenvalue weighted by Gasteiger charge is 2.33. The number of para-hydroxylation sites is 1. The first-order valence-electron chi connectivity index (χ1n) is 10.3. The molecule has 0 saturated carbocycles. The van der Waals surface area contributed by atoms with Crippen LogP contribution in [0.3, 0.4) is 0 Å². The Hall–Kier alpha value is -4.04. The number of hydrogen-bond acceptors (Lipinski definition) is 5. The lowest BCUT2D eigenvalue weighted by Gasteiger charge is -2.11. The van der Waals surface area contributed by atoms with Crippen LogP contribution in [0.25, 0.3) is 5.69 Å². The van der Waals surface area contributed by atoms with E-state index < -0.39 is 15.7 Å². The summed E-state index contributed by atoms with van der Waals surface area (Å²) in [6.45, 7) is 0. The van der Waals surface area contributed by atoms with E-state index in [9.17, 15) is 18.0 Å². The molecule has 0 fully saturated rings. The quantitative estimate of drug-likeness (QED) is 0.460. The van der Waals surface area contributed by atoms with E-state index in [1.165, 1.54) is 0 Å². The summed E-state index contributed by atoms with van der Waals surface area (Å²) in [5, 5.41) is 7.29. The van der Waals surface area contributed by atoms with E-state index in [4.69, 9.17) is 0 Å². The van der Waals surface area contributed by atoms with E-state index in [1.54, 1.807) is 53.2 Å². The third-order valence-corrected chi connectivity index (χ3v) is 6.91. The molecule has 0 spiro atoms. The summed E-state index contributed by atoms with van der Waals surface area (Å²) >= 11 is 0. The Morgan fingerprint density at radius 1 is 0.758 bits per heavy atom. The van der Waals surface area contributed by atoms with Gasteiger partial charge in [-0.15, -0.1) is 0 Å². The highest BCUT2D eigenvalue weighted by atomic mass is 32.2. The van der Waals surface area contributed by atoms with Crippen LogP contribution >= 0.6 is 0 Å². The molecule has 0 bridgehead atoms. The number of sulfone groups is 1. The number of ketones is 1. The molecule has 1 aliphatic heterocycles. The fourth-order valence-electron chi connectivity index (χ4n) is 3.84. The Bertz CT molecular complexity index is 1460. The third kappa shape index (κ3) is 4.08. The zero-order valence-electron chi connectivity index (χ0n) is 17.4. The molecule has 8 heteroatoms. The van der Waals surface area contributed by atoms with Crippen LogP contribution in [0.4, 0.5) is 5.82 Å². The van der Waals surface area contributed by atoms with Crippen LogP contribution in [0.5, 0.6) is 0 Å². The molecule has 1 amide bonds. The average molecular weight is 458 g/mol. The number of hydrogen-bond donors (Lipinski definition) is 1. The summed E-state index contributed by atoms with van der Waals surface area (Å²) in [5.41, 5.74) is 3.04. The number of aromatic nitrogens is 2. The maximum atomic E-state index is 13.0. The van der Waals surface area contributed by atoms with Gasteiger partial charge in [-0.05, 0) is 24.3 Å². The van der Waals surface area contributed by atoms with Gasteiger partial charge >= 0.3 is 0 Å². The number of benzene rings is 3. The molecule has 4 aromatic rings. The fourth-order valence-corrected chi connectivity index (χ4v) is 5.33. The minimum absolute atomic E-state index is 0.132. The van der Waals surface area contributed by atoms with Crippen molar-refractivity contribution in [1.82, 2.24) is 9.78 Å². The van der Waals surface area contributed by atoms with Gasteiger partial charge < -0.3 is 5.32 Å². The van der Waals surface area contributed by atoms with Gasteiger partial charge in [-0.3, -0.25) is 9.59 Å². The summed E-state index contributed by atoms with van der Waals surface area (Å²) in [7, 11) is -3.29. The van der Waals surface area contributed by atoms with Crippen LogP contribution in [0.2, 0.25) is 0 Å². The van der Waals surface area contributed by atoms with Gasteiger partial charge in [-0.2, -0.15) is 5.10 Å². The Labute approximate surface area is 190 Å². The lowest BCUT2D eigenvalue weighted by atomic mass is 10.0. The zero-order valence-corrected chi connectivity index (χ0v) is 18.2. The number of nitrogens with one attached hydrogen (secondary N) is 1. The van der Waals surface area contributed by atoms with Crippen LogP contribution in [-0.2, 0) is 21.3 Å². The normalized spacial score (nSPS) is 13.9. The predicted molar refractivity (Wildman–Crippen MR) is 124 cm³/mol. The second-order valence-electron chi connectivity index (χ2n) is 7.78. The first-order valence-corrected chi connectivity index (χ1v) is 12.1. The van der Waals surface area contributed by atoms with Crippen molar-refractivity contribution in [1.29, 1.82) is 0 Å².